The van der Waals surface area contributed by atoms with Gasteiger partial charge in [-0.3, -0.25) is 0 Å². The van der Waals surface area contributed by atoms with Crippen LogP contribution in [0.25, 0.3) is 0 Å². The average molecular weight is 270 g/mol. The number of halogens is 1. The summed E-state index contributed by atoms with van der Waals surface area (Å²) < 4.78 is 5.21. The fraction of sp³-hybridized carbons (Fsp3) is 0.600. The molecule has 0 aliphatic heterocycles. The Morgan fingerprint density at radius 3 is 2.78 bits per heavy atom. The van der Waals surface area contributed by atoms with Gasteiger partial charge in [0.1, 0.15) is 0 Å². The van der Waals surface area contributed by atoms with Crippen molar-refractivity contribution in [2.24, 2.45) is 5.92 Å². The van der Waals surface area contributed by atoms with Gasteiger partial charge in [0.25, 0.3) is 0 Å². The number of nitrogens with one attached hydrogen (secondary N) is 1. The van der Waals surface area contributed by atoms with E-state index >= 15 is 0 Å². The van der Waals surface area contributed by atoms with Crippen LogP contribution in [0.15, 0.2) is 24.3 Å². The van der Waals surface area contributed by atoms with E-state index in [2.05, 4.69) is 31.3 Å². The van der Waals surface area contributed by atoms with Crippen LogP contribution in [0.3, 0.4) is 0 Å². The minimum atomic E-state index is 0.355. The van der Waals surface area contributed by atoms with Crippen molar-refractivity contribution in [1.29, 1.82) is 0 Å². The summed E-state index contributed by atoms with van der Waals surface area (Å²) in [6.45, 7) is 6.22. The molecule has 0 aromatic heterocycles. The summed E-state index contributed by atoms with van der Waals surface area (Å²) >= 11 is 6.07. The summed E-state index contributed by atoms with van der Waals surface area (Å²) in [6, 6.07) is 8.47. The van der Waals surface area contributed by atoms with Crippen molar-refractivity contribution in [1.82, 2.24) is 5.32 Å². The summed E-state index contributed by atoms with van der Waals surface area (Å²) in [5.41, 5.74) is 1.26. The second kappa shape index (κ2) is 8.52. The van der Waals surface area contributed by atoms with Crippen molar-refractivity contribution >= 4 is 11.6 Å². The topological polar surface area (TPSA) is 21.3 Å². The molecule has 0 amide bonds. The Labute approximate surface area is 116 Å². The number of benzene rings is 1. The first-order valence-electron chi connectivity index (χ1n) is 6.65. The highest BCUT2D eigenvalue weighted by atomic mass is 35.5. The third kappa shape index (κ3) is 5.38. The second-order valence-electron chi connectivity index (χ2n) is 4.86. The van der Waals surface area contributed by atoms with Crippen LogP contribution in [0, 0.1) is 5.92 Å². The van der Waals surface area contributed by atoms with Crippen molar-refractivity contribution in [3.63, 3.8) is 0 Å². The van der Waals surface area contributed by atoms with Gasteiger partial charge in [-0.1, -0.05) is 37.6 Å². The molecule has 1 aromatic rings. The Morgan fingerprint density at radius 1 is 1.39 bits per heavy atom. The molecule has 2 nitrogen and oxygen atoms in total. The molecule has 2 unspecified atom stereocenters. The monoisotopic (exact) mass is 269 g/mol. The van der Waals surface area contributed by atoms with E-state index in [1.807, 2.05) is 12.1 Å². The van der Waals surface area contributed by atoms with Crippen LogP contribution in [0.5, 0.6) is 0 Å². The lowest BCUT2D eigenvalue weighted by molar-refractivity contribution is 0.149. The predicted molar refractivity (Wildman–Crippen MR) is 78.1 cm³/mol. The zero-order valence-electron chi connectivity index (χ0n) is 11.6. The molecule has 0 saturated carbocycles. The van der Waals surface area contributed by atoms with Crippen molar-refractivity contribution in [2.45, 2.75) is 32.7 Å². The van der Waals surface area contributed by atoms with Crippen LogP contribution >= 0.6 is 11.6 Å². The number of hydrogen-bond donors (Lipinski definition) is 1. The third-order valence-corrected chi connectivity index (χ3v) is 3.22. The van der Waals surface area contributed by atoms with E-state index in [1.165, 1.54) is 5.56 Å². The molecular formula is C15H24ClNO. The molecule has 2 atom stereocenters. The fourth-order valence-electron chi connectivity index (χ4n) is 2.13. The maximum absolute atomic E-state index is 6.07. The van der Waals surface area contributed by atoms with Gasteiger partial charge in [0, 0.05) is 24.8 Å². The predicted octanol–water partition coefficient (Wildman–Crippen LogP) is 4.05. The maximum atomic E-state index is 6.07. The van der Waals surface area contributed by atoms with E-state index in [0.29, 0.717) is 12.0 Å². The van der Waals surface area contributed by atoms with Crippen LogP contribution in [-0.4, -0.2) is 20.3 Å². The van der Waals surface area contributed by atoms with Gasteiger partial charge in [0.2, 0.25) is 0 Å². The highest BCUT2D eigenvalue weighted by Crippen LogP contribution is 2.24. The van der Waals surface area contributed by atoms with Gasteiger partial charge in [-0.15, -0.1) is 0 Å². The van der Waals surface area contributed by atoms with Gasteiger partial charge >= 0.3 is 0 Å². The van der Waals surface area contributed by atoms with Gasteiger partial charge in [0.05, 0.1) is 0 Å². The van der Waals surface area contributed by atoms with Crippen molar-refractivity contribution < 1.29 is 4.74 Å². The Morgan fingerprint density at radius 2 is 2.17 bits per heavy atom. The van der Waals surface area contributed by atoms with E-state index in [1.54, 1.807) is 7.11 Å². The quantitative estimate of drug-likeness (QED) is 0.769. The molecule has 0 fully saturated rings. The molecule has 0 bridgehead atoms. The van der Waals surface area contributed by atoms with Gasteiger partial charge in [-0.05, 0) is 43.0 Å². The van der Waals surface area contributed by atoms with E-state index in [-0.39, 0.29) is 0 Å². The molecule has 0 heterocycles. The van der Waals surface area contributed by atoms with Gasteiger partial charge < -0.3 is 10.1 Å². The fourth-order valence-corrected chi connectivity index (χ4v) is 2.33. The molecule has 0 aliphatic rings. The number of methoxy groups -OCH3 is 1. The zero-order valence-corrected chi connectivity index (χ0v) is 12.3. The molecule has 102 valence electrons. The lowest BCUT2D eigenvalue weighted by Crippen LogP contribution is -2.25. The number of hydrogen-bond acceptors (Lipinski definition) is 2. The van der Waals surface area contributed by atoms with Gasteiger partial charge in [-0.2, -0.15) is 0 Å². The molecule has 3 heteroatoms. The second-order valence-corrected chi connectivity index (χ2v) is 5.29. The van der Waals surface area contributed by atoms with Crippen LogP contribution < -0.4 is 5.32 Å². The molecular weight excluding hydrogens is 246 g/mol. The van der Waals surface area contributed by atoms with Crippen LogP contribution in [-0.2, 0) is 4.74 Å². The smallest absolute Gasteiger partial charge is 0.0488 e. The molecule has 1 N–H and O–H groups in total. The summed E-state index contributed by atoms with van der Waals surface area (Å²) in [4.78, 5) is 0. The SMILES string of the molecule is CCCNC(CC(C)COC)c1cccc(Cl)c1. The van der Waals surface area contributed by atoms with Crippen LogP contribution in [0.4, 0.5) is 0 Å². The highest BCUT2D eigenvalue weighted by Gasteiger charge is 2.14. The summed E-state index contributed by atoms with van der Waals surface area (Å²) in [7, 11) is 1.75. The van der Waals surface area contributed by atoms with Crippen molar-refractivity contribution in [3.05, 3.63) is 34.9 Å². The van der Waals surface area contributed by atoms with Gasteiger partial charge in [0.15, 0.2) is 0 Å². The maximum Gasteiger partial charge on any atom is 0.0488 e. The van der Waals surface area contributed by atoms with E-state index < -0.39 is 0 Å². The standard InChI is InChI=1S/C15H24ClNO/c1-4-8-17-15(9-12(2)11-18-3)13-6-5-7-14(16)10-13/h5-7,10,12,15,17H,4,8-9,11H2,1-3H3. The van der Waals surface area contributed by atoms with Crippen LogP contribution in [0.1, 0.15) is 38.3 Å². The minimum absolute atomic E-state index is 0.355. The third-order valence-electron chi connectivity index (χ3n) is 2.98. The Hall–Kier alpha value is -0.570. The molecule has 18 heavy (non-hydrogen) atoms. The first-order valence-corrected chi connectivity index (χ1v) is 7.03. The summed E-state index contributed by atoms with van der Waals surface area (Å²) in [6.07, 6.45) is 2.20. The minimum Gasteiger partial charge on any atom is -0.384 e. The molecule has 0 aliphatic carbocycles. The Kier molecular flexibility index (Phi) is 7.33. The van der Waals surface area contributed by atoms with E-state index in [9.17, 15) is 0 Å². The molecule has 0 spiro atoms. The normalized spacial score (nSPS) is 14.4. The van der Waals surface area contributed by atoms with Gasteiger partial charge in [-0.25, -0.2) is 0 Å². The number of rotatable bonds is 8. The van der Waals surface area contributed by atoms with Crippen LogP contribution in [0.2, 0.25) is 5.02 Å². The summed E-state index contributed by atoms with van der Waals surface area (Å²) in [5.74, 6) is 0.531. The molecule has 1 rings (SSSR count). The highest BCUT2D eigenvalue weighted by molar-refractivity contribution is 6.30. The number of ether oxygens (including phenoxy) is 1. The lowest BCUT2D eigenvalue weighted by Gasteiger charge is -2.22. The van der Waals surface area contributed by atoms with Crippen molar-refractivity contribution in [3.8, 4) is 0 Å². The van der Waals surface area contributed by atoms with Crippen molar-refractivity contribution in [2.75, 3.05) is 20.3 Å². The zero-order chi connectivity index (χ0) is 13.4. The Bertz CT molecular complexity index is 343. The molecule has 1 aromatic carbocycles. The summed E-state index contributed by atoms with van der Waals surface area (Å²) in [5, 5.41) is 4.39. The molecule has 0 radical (unpaired) electrons. The first-order chi connectivity index (χ1) is 8.67. The lowest BCUT2D eigenvalue weighted by atomic mass is 9.96. The van der Waals surface area contributed by atoms with E-state index in [4.69, 9.17) is 16.3 Å². The Balaban J connectivity index is 2.70. The average Bonchev–Trinajstić information content (AvgIpc) is 2.34. The largest absolute Gasteiger partial charge is 0.384 e. The first kappa shape index (κ1) is 15.5. The molecule has 0 saturated heterocycles. The van der Waals surface area contributed by atoms with E-state index in [0.717, 1.165) is 31.0 Å².